The van der Waals surface area contributed by atoms with E-state index in [1.54, 1.807) is 26.8 Å². The predicted octanol–water partition coefficient (Wildman–Crippen LogP) is 2.99. The Morgan fingerprint density at radius 3 is 2.44 bits per heavy atom. The largest absolute Gasteiger partial charge is 0.466 e. The van der Waals surface area contributed by atoms with Crippen LogP contribution < -0.4 is 0 Å². The van der Waals surface area contributed by atoms with Gasteiger partial charge in [0.2, 0.25) is 0 Å². The van der Waals surface area contributed by atoms with E-state index in [0.29, 0.717) is 0 Å². The third-order valence-electron chi connectivity index (χ3n) is 2.62. The lowest BCUT2D eigenvalue weighted by Gasteiger charge is -2.22. The van der Waals surface area contributed by atoms with Gasteiger partial charge in [0.05, 0.1) is 18.6 Å². The van der Waals surface area contributed by atoms with Gasteiger partial charge in [0, 0.05) is 5.41 Å². The number of rotatable bonds is 5. The quantitative estimate of drug-likeness (QED) is 0.597. The molecule has 0 fully saturated rings. The zero-order chi connectivity index (χ0) is 13.8. The lowest BCUT2D eigenvalue weighted by molar-refractivity contribution is -0.144. The third-order valence-corrected chi connectivity index (χ3v) is 2.62. The Morgan fingerprint density at radius 1 is 1.28 bits per heavy atom. The summed E-state index contributed by atoms with van der Waals surface area (Å²) < 4.78 is 18.3. The van der Waals surface area contributed by atoms with Crippen molar-refractivity contribution in [3.8, 4) is 0 Å². The molecule has 0 N–H and O–H groups in total. The van der Waals surface area contributed by atoms with Gasteiger partial charge >= 0.3 is 5.97 Å². The van der Waals surface area contributed by atoms with Gasteiger partial charge in [-0.05, 0) is 19.1 Å². The van der Waals surface area contributed by atoms with E-state index < -0.39 is 23.0 Å². The molecule has 1 rings (SSSR count). The van der Waals surface area contributed by atoms with E-state index in [4.69, 9.17) is 4.74 Å². The molecule has 0 heterocycles. The van der Waals surface area contributed by atoms with E-state index in [1.807, 2.05) is 0 Å². The summed E-state index contributed by atoms with van der Waals surface area (Å²) in [4.78, 5) is 23.6. The molecule has 0 saturated carbocycles. The molecule has 18 heavy (non-hydrogen) atoms. The van der Waals surface area contributed by atoms with Gasteiger partial charge in [-0.3, -0.25) is 9.59 Å². The summed E-state index contributed by atoms with van der Waals surface area (Å²) in [6, 6.07) is 5.76. The molecule has 1 aromatic carbocycles. The Hall–Kier alpha value is -1.71. The number of benzene rings is 1. The summed E-state index contributed by atoms with van der Waals surface area (Å²) in [5, 5.41) is 0. The van der Waals surface area contributed by atoms with Crippen LogP contribution in [0.3, 0.4) is 0 Å². The van der Waals surface area contributed by atoms with Crippen molar-refractivity contribution in [3.63, 3.8) is 0 Å². The minimum Gasteiger partial charge on any atom is -0.466 e. The molecule has 0 aliphatic rings. The Labute approximate surface area is 106 Å². The van der Waals surface area contributed by atoms with Crippen LogP contribution in [0, 0.1) is 11.2 Å². The molecule has 0 unspecified atom stereocenters. The van der Waals surface area contributed by atoms with E-state index in [9.17, 15) is 14.0 Å². The summed E-state index contributed by atoms with van der Waals surface area (Å²) in [6.45, 7) is 5.18. The van der Waals surface area contributed by atoms with Crippen LogP contribution >= 0.6 is 0 Å². The maximum Gasteiger partial charge on any atom is 0.306 e. The highest BCUT2D eigenvalue weighted by atomic mass is 19.1. The summed E-state index contributed by atoms with van der Waals surface area (Å²) in [6.07, 6.45) is -0.0615. The second kappa shape index (κ2) is 5.76. The number of hydrogen-bond acceptors (Lipinski definition) is 3. The predicted molar refractivity (Wildman–Crippen MR) is 65.8 cm³/mol. The second-order valence-corrected chi connectivity index (χ2v) is 4.67. The third kappa shape index (κ3) is 3.39. The average Bonchev–Trinajstić information content (AvgIpc) is 2.28. The summed E-state index contributed by atoms with van der Waals surface area (Å²) in [5.41, 5.74) is -0.971. The van der Waals surface area contributed by atoms with Crippen molar-refractivity contribution in [1.82, 2.24) is 0 Å². The number of esters is 1. The van der Waals surface area contributed by atoms with Crippen LogP contribution in [0.2, 0.25) is 0 Å². The molecule has 0 atom stereocenters. The van der Waals surface area contributed by atoms with Crippen molar-refractivity contribution in [3.05, 3.63) is 35.6 Å². The molecule has 3 nitrogen and oxygen atoms in total. The van der Waals surface area contributed by atoms with E-state index in [0.717, 1.165) is 0 Å². The van der Waals surface area contributed by atoms with Gasteiger partial charge < -0.3 is 4.74 Å². The summed E-state index contributed by atoms with van der Waals surface area (Å²) >= 11 is 0. The number of ether oxygens (including phenoxy) is 1. The van der Waals surface area contributed by atoms with E-state index >= 15 is 0 Å². The molecule has 0 aliphatic carbocycles. The zero-order valence-electron chi connectivity index (χ0n) is 10.8. The van der Waals surface area contributed by atoms with Gasteiger partial charge in [0.15, 0.2) is 5.78 Å². The maximum absolute atomic E-state index is 13.5. The molecule has 98 valence electrons. The number of halogens is 1. The fraction of sp³-hybridized carbons (Fsp3) is 0.429. The highest BCUT2D eigenvalue weighted by Gasteiger charge is 2.33. The first-order valence-corrected chi connectivity index (χ1v) is 5.83. The van der Waals surface area contributed by atoms with Crippen molar-refractivity contribution >= 4 is 11.8 Å². The van der Waals surface area contributed by atoms with Crippen molar-refractivity contribution in [1.29, 1.82) is 0 Å². The normalized spacial score (nSPS) is 11.1. The Kier molecular flexibility index (Phi) is 4.59. The number of ketones is 1. The highest BCUT2D eigenvalue weighted by molar-refractivity contribution is 6.01. The van der Waals surface area contributed by atoms with Crippen LogP contribution in [-0.2, 0) is 9.53 Å². The molecule has 0 bridgehead atoms. The first-order valence-electron chi connectivity index (χ1n) is 5.83. The van der Waals surface area contributed by atoms with E-state index in [-0.39, 0.29) is 18.6 Å². The fourth-order valence-corrected chi connectivity index (χ4v) is 1.66. The van der Waals surface area contributed by atoms with Crippen molar-refractivity contribution < 1.29 is 18.7 Å². The number of carbonyl (C=O) groups is 2. The Bertz CT molecular complexity index is 452. The molecular formula is C14H17FO3. The van der Waals surface area contributed by atoms with Crippen molar-refractivity contribution in [2.45, 2.75) is 27.2 Å². The molecule has 0 radical (unpaired) electrons. The first-order chi connectivity index (χ1) is 8.38. The monoisotopic (exact) mass is 252 g/mol. The summed E-state index contributed by atoms with van der Waals surface area (Å²) in [7, 11) is 0. The molecule has 0 spiro atoms. The van der Waals surface area contributed by atoms with Crippen LogP contribution in [0.5, 0.6) is 0 Å². The zero-order valence-corrected chi connectivity index (χ0v) is 10.8. The number of hydrogen-bond donors (Lipinski definition) is 0. The summed E-state index contributed by atoms with van der Waals surface area (Å²) in [5.74, 6) is -1.42. The van der Waals surface area contributed by atoms with Crippen LogP contribution in [0.15, 0.2) is 24.3 Å². The van der Waals surface area contributed by atoms with Crippen LogP contribution in [0.4, 0.5) is 4.39 Å². The van der Waals surface area contributed by atoms with Gasteiger partial charge in [0.25, 0.3) is 0 Å². The lowest BCUT2D eigenvalue weighted by atomic mass is 9.81. The van der Waals surface area contributed by atoms with Crippen molar-refractivity contribution in [2.24, 2.45) is 5.41 Å². The molecule has 1 aromatic rings. The fourth-order valence-electron chi connectivity index (χ4n) is 1.66. The molecule has 0 amide bonds. The average molecular weight is 252 g/mol. The second-order valence-electron chi connectivity index (χ2n) is 4.67. The van der Waals surface area contributed by atoms with Gasteiger partial charge in [-0.25, -0.2) is 4.39 Å². The SMILES string of the molecule is CCOC(=O)CC(C)(C)C(=O)c1ccccc1F. The number of Topliss-reactive ketones (excluding diaryl/α,β-unsaturated/α-hetero) is 1. The van der Waals surface area contributed by atoms with Crippen LogP contribution in [-0.4, -0.2) is 18.4 Å². The smallest absolute Gasteiger partial charge is 0.306 e. The van der Waals surface area contributed by atoms with Crippen LogP contribution in [0.25, 0.3) is 0 Å². The van der Waals surface area contributed by atoms with E-state index in [2.05, 4.69) is 0 Å². The van der Waals surface area contributed by atoms with Gasteiger partial charge in [0.1, 0.15) is 5.82 Å². The maximum atomic E-state index is 13.5. The minimum absolute atomic E-state index is 0.00629. The first kappa shape index (κ1) is 14.4. The Morgan fingerprint density at radius 2 is 1.89 bits per heavy atom. The molecule has 0 aliphatic heterocycles. The standard InChI is InChI=1S/C14H17FO3/c1-4-18-12(16)9-14(2,3)13(17)10-7-5-6-8-11(10)15/h5-8H,4,9H2,1-3H3. The molecule has 0 aromatic heterocycles. The molecule has 4 heteroatoms. The minimum atomic E-state index is -0.978. The Balaban J connectivity index is 2.89. The number of carbonyl (C=O) groups excluding carboxylic acids is 2. The van der Waals surface area contributed by atoms with Gasteiger partial charge in [-0.2, -0.15) is 0 Å². The van der Waals surface area contributed by atoms with Gasteiger partial charge in [-0.15, -0.1) is 0 Å². The lowest BCUT2D eigenvalue weighted by Crippen LogP contribution is -2.29. The van der Waals surface area contributed by atoms with Crippen LogP contribution in [0.1, 0.15) is 37.6 Å². The van der Waals surface area contributed by atoms with Crippen molar-refractivity contribution in [2.75, 3.05) is 6.61 Å². The highest BCUT2D eigenvalue weighted by Crippen LogP contribution is 2.27. The topological polar surface area (TPSA) is 43.4 Å². The molecular weight excluding hydrogens is 235 g/mol. The van der Waals surface area contributed by atoms with Gasteiger partial charge in [-0.1, -0.05) is 26.0 Å². The van der Waals surface area contributed by atoms with E-state index in [1.165, 1.54) is 18.2 Å². The molecule has 0 saturated heterocycles.